The zero-order chi connectivity index (χ0) is 18.6. The van der Waals surface area contributed by atoms with Gasteiger partial charge in [0.05, 0.1) is 33.9 Å². The zero-order valence-corrected chi connectivity index (χ0v) is 16.2. The van der Waals surface area contributed by atoms with Crippen molar-refractivity contribution >= 4 is 54.8 Å². The van der Waals surface area contributed by atoms with Gasteiger partial charge < -0.3 is 5.32 Å². The van der Waals surface area contributed by atoms with Crippen molar-refractivity contribution in [1.29, 1.82) is 0 Å². The molecule has 6 nitrogen and oxygen atoms in total. The number of hydrogen-bond donors (Lipinski definition) is 2. The highest BCUT2D eigenvalue weighted by atomic mass is 79.9. The predicted octanol–water partition coefficient (Wildman–Crippen LogP) is 4.04. The molecule has 1 heterocycles. The molecule has 25 heavy (non-hydrogen) atoms. The van der Waals surface area contributed by atoms with Crippen LogP contribution in [0.4, 0.5) is 15.8 Å². The molecule has 0 bridgehead atoms. The molecule has 0 radical (unpaired) electrons. The van der Waals surface area contributed by atoms with Crippen molar-refractivity contribution in [3.8, 4) is 0 Å². The van der Waals surface area contributed by atoms with E-state index in [1.807, 2.05) is 0 Å². The predicted molar refractivity (Wildman–Crippen MR) is 99.0 cm³/mol. The Balaban J connectivity index is 2.32. The van der Waals surface area contributed by atoms with Crippen LogP contribution in [0.25, 0.3) is 0 Å². The van der Waals surface area contributed by atoms with Crippen LogP contribution in [0.2, 0.25) is 5.02 Å². The van der Waals surface area contributed by atoms with E-state index < -0.39 is 27.3 Å². The van der Waals surface area contributed by atoms with E-state index in [4.69, 9.17) is 11.6 Å². The van der Waals surface area contributed by atoms with E-state index in [2.05, 4.69) is 31.0 Å². The number of carbonyl (C=O) groups excluding carboxylic acids is 1. The van der Waals surface area contributed by atoms with E-state index in [0.29, 0.717) is 16.7 Å². The molecule has 2 N–H and O–H groups in total. The Morgan fingerprint density at radius 1 is 1.32 bits per heavy atom. The first kappa shape index (κ1) is 19.6. The number of pyridine rings is 1. The fourth-order valence-corrected chi connectivity index (χ4v) is 3.57. The minimum atomic E-state index is -3.71. The van der Waals surface area contributed by atoms with Crippen molar-refractivity contribution in [2.75, 3.05) is 15.8 Å². The van der Waals surface area contributed by atoms with Crippen LogP contribution in [0.3, 0.4) is 0 Å². The molecule has 1 aromatic heterocycles. The van der Waals surface area contributed by atoms with Gasteiger partial charge in [0.15, 0.2) is 5.82 Å². The van der Waals surface area contributed by atoms with Crippen LogP contribution in [-0.4, -0.2) is 25.1 Å². The van der Waals surface area contributed by atoms with Crippen LogP contribution in [0.1, 0.15) is 23.7 Å². The van der Waals surface area contributed by atoms with Crippen LogP contribution in [0.5, 0.6) is 0 Å². The highest BCUT2D eigenvalue weighted by molar-refractivity contribution is 9.10. The minimum absolute atomic E-state index is 0.140. The highest BCUT2D eigenvalue weighted by Gasteiger charge is 2.22. The smallest absolute Gasteiger partial charge is 0.260 e. The van der Waals surface area contributed by atoms with Gasteiger partial charge in [-0.05, 0) is 46.6 Å². The van der Waals surface area contributed by atoms with Crippen molar-refractivity contribution < 1.29 is 17.6 Å². The number of nitrogens with zero attached hydrogens (tertiary/aromatic N) is 1. The average molecular weight is 451 g/mol. The molecule has 0 aliphatic rings. The molecular formula is C15H14BrClFN3O3S. The van der Waals surface area contributed by atoms with Crippen molar-refractivity contribution in [2.45, 2.75) is 13.3 Å². The van der Waals surface area contributed by atoms with E-state index in [0.717, 1.165) is 0 Å². The SMILES string of the molecule is CCCS(=O)(=O)Nc1ccc(Cl)c(C(=O)Nc2ccc(Br)nc2)c1F. The molecule has 0 aliphatic carbocycles. The molecule has 2 aromatic rings. The summed E-state index contributed by atoms with van der Waals surface area (Å²) < 4.78 is 41.0. The van der Waals surface area contributed by atoms with Crippen LogP contribution in [0.15, 0.2) is 35.1 Å². The molecule has 10 heteroatoms. The van der Waals surface area contributed by atoms with E-state index in [-0.39, 0.29) is 16.5 Å². The fourth-order valence-electron chi connectivity index (χ4n) is 1.97. The number of benzene rings is 1. The summed E-state index contributed by atoms with van der Waals surface area (Å²) in [5.41, 5.74) is -0.459. The van der Waals surface area contributed by atoms with Crippen LogP contribution < -0.4 is 10.0 Å². The number of aromatic nitrogens is 1. The van der Waals surface area contributed by atoms with Crippen molar-refractivity contribution in [1.82, 2.24) is 4.98 Å². The maximum Gasteiger partial charge on any atom is 0.260 e. The Hall–Kier alpha value is -1.71. The third-order valence-corrected chi connectivity index (χ3v) is 5.30. The fraction of sp³-hybridized carbons (Fsp3) is 0.200. The Bertz CT molecular complexity index is 892. The lowest BCUT2D eigenvalue weighted by Crippen LogP contribution is -2.20. The summed E-state index contributed by atoms with van der Waals surface area (Å²) in [5, 5.41) is 2.32. The van der Waals surface area contributed by atoms with E-state index >= 15 is 0 Å². The Labute approximate surface area is 158 Å². The van der Waals surface area contributed by atoms with Gasteiger partial charge in [-0.3, -0.25) is 9.52 Å². The van der Waals surface area contributed by atoms with Crippen LogP contribution in [-0.2, 0) is 10.0 Å². The van der Waals surface area contributed by atoms with Crippen molar-refractivity contribution in [3.63, 3.8) is 0 Å². The van der Waals surface area contributed by atoms with Gasteiger partial charge >= 0.3 is 0 Å². The highest BCUT2D eigenvalue weighted by Crippen LogP contribution is 2.27. The van der Waals surface area contributed by atoms with Crippen LogP contribution in [0, 0.1) is 5.82 Å². The lowest BCUT2D eigenvalue weighted by atomic mass is 10.1. The average Bonchev–Trinajstić information content (AvgIpc) is 2.52. The lowest BCUT2D eigenvalue weighted by molar-refractivity contribution is 0.102. The summed E-state index contributed by atoms with van der Waals surface area (Å²) in [7, 11) is -3.71. The number of rotatable bonds is 6. The molecule has 0 fully saturated rings. The van der Waals surface area contributed by atoms with Gasteiger partial charge in [0.1, 0.15) is 4.60 Å². The molecule has 2 rings (SSSR count). The summed E-state index contributed by atoms with van der Waals surface area (Å²) in [4.78, 5) is 16.3. The third-order valence-electron chi connectivity index (χ3n) is 3.04. The summed E-state index contributed by atoms with van der Waals surface area (Å²) >= 11 is 9.08. The van der Waals surface area contributed by atoms with Crippen molar-refractivity contribution in [2.24, 2.45) is 0 Å². The summed E-state index contributed by atoms with van der Waals surface area (Å²) in [6.45, 7) is 1.68. The molecule has 0 saturated heterocycles. The maximum atomic E-state index is 14.6. The molecule has 1 amide bonds. The molecule has 0 saturated carbocycles. The zero-order valence-electron chi connectivity index (χ0n) is 13.0. The summed E-state index contributed by atoms with van der Waals surface area (Å²) in [6, 6.07) is 5.59. The van der Waals surface area contributed by atoms with Gasteiger partial charge in [-0.15, -0.1) is 0 Å². The summed E-state index contributed by atoms with van der Waals surface area (Å²) in [5.74, 6) is -2.03. The van der Waals surface area contributed by atoms with E-state index in [9.17, 15) is 17.6 Å². The first-order chi connectivity index (χ1) is 11.7. The molecule has 134 valence electrons. The molecule has 0 spiro atoms. The normalized spacial score (nSPS) is 11.2. The summed E-state index contributed by atoms with van der Waals surface area (Å²) in [6.07, 6.45) is 1.75. The van der Waals surface area contributed by atoms with Gasteiger partial charge in [-0.1, -0.05) is 18.5 Å². The topological polar surface area (TPSA) is 88.2 Å². The lowest BCUT2D eigenvalue weighted by Gasteiger charge is -2.12. The van der Waals surface area contributed by atoms with Gasteiger partial charge in [0, 0.05) is 0 Å². The van der Waals surface area contributed by atoms with Gasteiger partial charge in [0.2, 0.25) is 10.0 Å². The maximum absolute atomic E-state index is 14.6. The van der Waals surface area contributed by atoms with Gasteiger partial charge in [-0.25, -0.2) is 17.8 Å². The van der Waals surface area contributed by atoms with E-state index in [1.54, 1.807) is 19.1 Å². The standard InChI is InChI=1S/C15H14BrClFN3O3S/c1-2-7-25(23,24)21-11-5-4-10(17)13(14(11)18)15(22)20-9-3-6-12(16)19-8-9/h3-6,8,21H,2,7H2,1H3,(H,20,22). The first-order valence-electron chi connectivity index (χ1n) is 7.15. The molecule has 1 aromatic carbocycles. The Morgan fingerprint density at radius 3 is 2.64 bits per heavy atom. The second kappa shape index (κ2) is 8.11. The first-order valence-corrected chi connectivity index (χ1v) is 9.97. The number of halogens is 3. The number of hydrogen-bond acceptors (Lipinski definition) is 4. The third kappa shape index (κ3) is 5.13. The largest absolute Gasteiger partial charge is 0.320 e. The second-order valence-corrected chi connectivity index (χ2v) is 8.09. The van der Waals surface area contributed by atoms with Gasteiger partial charge in [0.25, 0.3) is 5.91 Å². The Morgan fingerprint density at radius 2 is 2.04 bits per heavy atom. The second-order valence-electron chi connectivity index (χ2n) is 5.03. The van der Waals surface area contributed by atoms with E-state index in [1.165, 1.54) is 18.3 Å². The molecule has 0 aliphatic heterocycles. The molecular weight excluding hydrogens is 437 g/mol. The number of sulfonamides is 1. The number of amides is 1. The molecule has 0 atom stereocenters. The molecule has 0 unspecified atom stereocenters. The minimum Gasteiger partial charge on any atom is -0.320 e. The van der Waals surface area contributed by atoms with Crippen LogP contribution >= 0.6 is 27.5 Å². The monoisotopic (exact) mass is 449 g/mol. The Kier molecular flexibility index (Phi) is 6.36. The number of nitrogens with one attached hydrogen (secondary N) is 2. The van der Waals surface area contributed by atoms with Gasteiger partial charge in [-0.2, -0.15) is 0 Å². The van der Waals surface area contributed by atoms with Crippen molar-refractivity contribution in [3.05, 3.63) is 51.5 Å². The quantitative estimate of drug-likeness (QED) is 0.650. The number of anilines is 2. The number of carbonyl (C=O) groups is 1.